The minimum absolute atomic E-state index is 0.192. The molecule has 0 spiro atoms. The molecular weight excluding hydrogens is 335 g/mol. The number of halogens is 1. The summed E-state index contributed by atoms with van der Waals surface area (Å²) in [4.78, 5) is 20.7. The van der Waals surface area contributed by atoms with Gasteiger partial charge in [-0.2, -0.15) is 10.1 Å². The van der Waals surface area contributed by atoms with Crippen molar-refractivity contribution >= 4 is 17.5 Å². The molecule has 0 aliphatic rings. The maximum atomic E-state index is 14.5. The van der Waals surface area contributed by atoms with Crippen molar-refractivity contribution < 1.29 is 9.18 Å². The van der Waals surface area contributed by atoms with Gasteiger partial charge in [0, 0.05) is 23.7 Å². The first kappa shape index (κ1) is 15.9. The molecule has 3 aromatic heterocycles. The van der Waals surface area contributed by atoms with E-state index in [0.717, 1.165) is 11.4 Å². The number of imidazole rings is 1. The lowest BCUT2D eigenvalue weighted by atomic mass is 10.2. The molecule has 26 heavy (non-hydrogen) atoms. The Balaban J connectivity index is 1.60. The Morgan fingerprint density at radius 2 is 2.08 bits per heavy atom. The molecule has 1 aromatic carbocycles. The molecule has 1 amide bonds. The number of nitrogens with one attached hydrogen (secondary N) is 1. The molecule has 0 saturated heterocycles. The molecule has 3 heterocycles. The highest BCUT2D eigenvalue weighted by Gasteiger charge is 2.14. The first-order valence-electron chi connectivity index (χ1n) is 7.95. The SMILES string of the molecule is Cc1cc(C)n(-c2ccc(C(=O)Nc3cn4cccnc4n3)cc2F)n1. The summed E-state index contributed by atoms with van der Waals surface area (Å²) in [6.07, 6.45) is 5.02. The second-order valence-corrected chi connectivity index (χ2v) is 5.91. The van der Waals surface area contributed by atoms with Crippen LogP contribution in [0.3, 0.4) is 0 Å². The Morgan fingerprint density at radius 1 is 1.23 bits per heavy atom. The van der Waals surface area contributed by atoms with Gasteiger partial charge in [0.05, 0.1) is 11.9 Å². The number of benzene rings is 1. The summed E-state index contributed by atoms with van der Waals surface area (Å²) in [7, 11) is 0. The third-order valence-electron chi connectivity index (χ3n) is 3.92. The third-order valence-corrected chi connectivity index (χ3v) is 3.92. The van der Waals surface area contributed by atoms with E-state index in [1.807, 2.05) is 19.9 Å². The molecule has 1 N–H and O–H groups in total. The highest BCUT2D eigenvalue weighted by atomic mass is 19.1. The van der Waals surface area contributed by atoms with E-state index in [2.05, 4.69) is 20.4 Å². The number of nitrogens with zero attached hydrogens (tertiary/aromatic N) is 5. The standard InChI is InChI=1S/C18H15FN6O/c1-11-8-12(2)25(23-11)15-5-4-13(9-14(15)19)17(26)21-16-10-24-7-3-6-20-18(24)22-16/h3-10H,1-2H3,(H,21,26). The van der Waals surface area contributed by atoms with Crippen LogP contribution in [0.25, 0.3) is 11.5 Å². The number of carbonyl (C=O) groups is 1. The fourth-order valence-electron chi connectivity index (χ4n) is 2.77. The zero-order valence-corrected chi connectivity index (χ0v) is 14.1. The van der Waals surface area contributed by atoms with Crippen molar-refractivity contribution in [3.63, 3.8) is 0 Å². The first-order valence-corrected chi connectivity index (χ1v) is 7.95. The molecule has 4 aromatic rings. The predicted molar refractivity (Wildman–Crippen MR) is 93.9 cm³/mol. The van der Waals surface area contributed by atoms with Crippen LogP contribution in [0.2, 0.25) is 0 Å². The lowest BCUT2D eigenvalue weighted by molar-refractivity contribution is 0.102. The first-order chi connectivity index (χ1) is 12.5. The maximum Gasteiger partial charge on any atom is 0.256 e. The summed E-state index contributed by atoms with van der Waals surface area (Å²) in [5.41, 5.74) is 2.10. The van der Waals surface area contributed by atoms with Crippen LogP contribution in [0, 0.1) is 19.7 Å². The van der Waals surface area contributed by atoms with Crippen molar-refractivity contribution in [2.75, 3.05) is 5.32 Å². The highest BCUT2D eigenvalue weighted by Crippen LogP contribution is 2.18. The molecule has 0 fully saturated rings. The monoisotopic (exact) mass is 350 g/mol. The number of carbonyl (C=O) groups excluding carboxylic acids is 1. The number of aromatic nitrogens is 5. The molecule has 130 valence electrons. The average Bonchev–Trinajstić information content (AvgIpc) is 3.16. The molecule has 0 atom stereocenters. The Labute approximate surface area is 148 Å². The van der Waals surface area contributed by atoms with Crippen LogP contribution < -0.4 is 5.32 Å². The van der Waals surface area contributed by atoms with E-state index >= 15 is 0 Å². The quantitative estimate of drug-likeness (QED) is 0.616. The molecule has 7 nitrogen and oxygen atoms in total. The highest BCUT2D eigenvalue weighted by molar-refractivity contribution is 6.04. The normalized spacial score (nSPS) is 11.0. The van der Waals surface area contributed by atoms with E-state index in [9.17, 15) is 9.18 Å². The van der Waals surface area contributed by atoms with Crippen LogP contribution in [-0.4, -0.2) is 30.1 Å². The Kier molecular flexibility index (Phi) is 3.72. The van der Waals surface area contributed by atoms with Crippen LogP contribution >= 0.6 is 0 Å². The number of fused-ring (bicyclic) bond motifs is 1. The summed E-state index contributed by atoms with van der Waals surface area (Å²) in [5, 5.41) is 6.91. The number of anilines is 1. The van der Waals surface area contributed by atoms with Gasteiger partial charge in [-0.1, -0.05) is 0 Å². The number of hydrogen-bond donors (Lipinski definition) is 1. The van der Waals surface area contributed by atoms with Crippen molar-refractivity contribution in [2.24, 2.45) is 0 Å². The molecule has 0 aliphatic heterocycles. The lowest BCUT2D eigenvalue weighted by Crippen LogP contribution is -2.13. The molecule has 0 saturated carbocycles. The molecule has 4 rings (SSSR count). The lowest BCUT2D eigenvalue weighted by Gasteiger charge is -2.08. The van der Waals surface area contributed by atoms with Gasteiger partial charge in [0.25, 0.3) is 5.91 Å². The van der Waals surface area contributed by atoms with Gasteiger partial charge in [-0.05, 0) is 44.2 Å². The minimum atomic E-state index is -0.527. The summed E-state index contributed by atoms with van der Waals surface area (Å²) in [5.74, 6) is -0.168. The molecular formula is C18H15FN6O. The van der Waals surface area contributed by atoms with Crippen molar-refractivity contribution in [3.8, 4) is 5.69 Å². The summed E-state index contributed by atoms with van der Waals surface area (Å²) in [6, 6.07) is 7.90. The van der Waals surface area contributed by atoms with Gasteiger partial charge in [0.2, 0.25) is 5.78 Å². The van der Waals surface area contributed by atoms with E-state index < -0.39 is 11.7 Å². The van der Waals surface area contributed by atoms with Crippen molar-refractivity contribution in [2.45, 2.75) is 13.8 Å². The summed E-state index contributed by atoms with van der Waals surface area (Å²) >= 11 is 0. The smallest absolute Gasteiger partial charge is 0.256 e. The van der Waals surface area contributed by atoms with Crippen LogP contribution in [0.5, 0.6) is 0 Å². The Hall–Kier alpha value is -3.55. The van der Waals surface area contributed by atoms with E-state index in [-0.39, 0.29) is 5.56 Å². The largest absolute Gasteiger partial charge is 0.305 e. The van der Waals surface area contributed by atoms with Crippen LogP contribution in [0.15, 0.2) is 48.9 Å². The second-order valence-electron chi connectivity index (χ2n) is 5.91. The second kappa shape index (κ2) is 6.07. The number of aryl methyl sites for hydroxylation is 2. The molecule has 8 heteroatoms. The van der Waals surface area contributed by atoms with Crippen molar-refractivity contribution in [1.82, 2.24) is 24.1 Å². The van der Waals surface area contributed by atoms with Gasteiger partial charge in [0.15, 0.2) is 5.82 Å². The average molecular weight is 350 g/mol. The van der Waals surface area contributed by atoms with Gasteiger partial charge in [-0.15, -0.1) is 0 Å². The molecule has 0 radical (unpaired) electrons. The number of rotatable bonds is 3. The molecule has 0 unspecified atom stereocenters. The van der Waals surface area contributed by atoms with Crippen molar-refractivity contribution in [1.29, 1.82) is 0 Å². The van der Waals surface area contributed by atoms with Gasteiger partial charge in [-0.25, -0.2) is 14.1 Å². The number of hydrogen-bond acceptors (Lipinski definition) is 4. The molecule has 0 bridgehead atoms. The van der Waals surface area contributed by atoms with Gasteiger partial charge < -0.3 is 5.32 Å². The van der Waals surface area contributed by atoms with Crippen LogP contribution in [0.4, 0.5) is 10.2 Å². The Morgan fingerprint density at radius 3 is 2.77 bits per heavy atom. The fraction of sp³-hybridized carbons (Fsp3) is 0.111. The zero-order valence-electron chi connectivity index (χ0n) is 14.1. The predicted octanol–water partition coefficient (Wildman–Crippen LogP) is 2.92. The summed E-state index contributed by atoms with van der Waals surface area (Å²) < 4.78 is 17.7. The number of amides is 1. The van der Waals surface area contributed by atoms with Gasteiger partial charge in [0.1, 0.15) is 11.5 Å². The van der Waals surface area contributed by atoms with E-state index in [1.54, 1.807) is 35.1 Å². The van der Waals surface area contributed by atoms with Crippen LogP contribution in [0.1, 0.15) is 21.7 Å². The van der Waals surface area contributed by atoms with Gasteiger partial charge >= 0.3 is 0 Å². The van der Waals surface area contributed by atoms with Gasteiger partial charge in [-0.3, -0.25) is 9.20 Å². The topological polar surface area (TPSA) is 77.1 Å². The molecule has 0 aliphatic carbocycles. The van der Waals surface area contributed by atoms with Crippen molar-refractivity contribution in [3.05, 3.63) is 71.7 Å². The summed E-state index contributed by atoms with van der Waals surface area (Å²) in [6.45, 7) is 3.68. The van der Waals surface area contributed by atoms with E-state index in [4.69, 9.17) is 0 Å². The maximum absolute atomic E-state index is 14.5. The minimum Gasteiger partial charge on any atom is -0.305 e. The van der Waals surface area contributed by atoms with E-state index in [0.29, 0.717) is 17.3 Å². The fourth-order valence-corrected chi connectivity index (χ4v) is 2.77. The Bertz CT molecular complexity index is 1100. The van der Waals surface area contributed by atoms with Crippen LogP contribution in [-0.2, 0) is 0 Å². The zero-order chi connectivity index (χ0) is 18.3. The van der Waals surface area contributed by atoms with E-state index in [1.165, 1.54) is 16.8 Å². The third kappa shape index (κ3) is 2.81.